The summed E-state index contributed by atoms with van der Waals surface area (Å²) >= 11 is 5.78. The lowest BCUT2D eigenvalue weighted by molar-refractivity contribution is 0.920. The van der Waals surface area contributed by atoms with Gasteiger partial charge >= 0.3 is 0 Å². The summed E-state index contributed by atoms with van der Waals surface area (Å²) in [6.45, 7) is 0.793. The van der Waals surface area contributed by atoms with Crippen molar-refractivity contribution in [3.8, 4) is 0 Å². The average molecular weight is 222 g/mol. The molecule has 0 aliphatic carbocycles. The van der Waals surface area contributed by atoms with Gasteiger partial charge in [0.15, 0.2) is 0 Å². The zero-order valence-electron chi connectivity index (χ0n) is 8.44. The first-order valence-corrected chi connectivity index (χ1v) is 5.08. The van der Waals surface area contributed by atoms with Crippen molar-refractivity contribution in [1.82, 2.24) is 9.55 Å². The van der Waals surface area contributed by atoms with Gasteiger partial charge in [-0.3, -0.25) is 0 Å². The van der Waals surface area contributed by atoms with Gasteiger partial charge in [-0.1, -0.05) is 11.6 Å². The summed E-state index contributed by atoms with van der Waals surface area (Å²) in [5.41, 5.74) is 2.23. The highest BCUT2D eigenvalue weighted by Gasteiger charge is 1.96. The lowest BCUT2D eigenvalue weighted by atomic mass is 10.3. The molecule has 1 N–H and O–H groups in total. The van der Waals surface area contributed by atoms with Crippen LogP contribution in [0, 0.1) is 0 Å². The molecule has 0 aromatic carbocycles. The molecule has 0 bridgehead atoms. The Labute approximate surface area is 93.7 Å². The Balaban J connectivity index is 1.99. The highest BCUT2D eigenvalue weighted by Crippen LogP contribution is 2.13. The number of aryl methyl sites for hydroxylation is 1. The molecular weight excluding hydrogens is 210 g/mol. The molecule has 15 heavy (non-hydrogen) atoms. The fourth-order valence-corrected chi connectivity index (χ4v) is 1.56. The van der Waals surface area contributed by atoms with E-state index in [0.717, 1.165) is 12.2 Å². The molecule has 0 aliphatic rings. The zero-order chi connectivity index (χ0) is 10.7. The summed E-state index contributed by atoms with van der Waals surface area (Å²) in [4.78, 5) is 3.92. The second-order valence-corrected chi connectivity index (χ2v) is 3.79. The van der Waals surface area contributed by atoms with Gasteiger partial charge in [0.1, 0.15) is 5.15 Å². The first kappa shape index (κ1) is 10.1. The van der Waals surface area contributed by atoms with E-state index >= 15 is 0 Å². The van der Waals surface area contributed by atoms with E-state index in [1.807, 2.05) is 29.9 Å². The number of aromatic nitrogens is 2. The van der Waals surface area contributed by atoms with Crippen LogP contribution in [0.2, 0.25) is 5.15 Å². The van der Waals surface area contributed by atoms with E-state index in [1.165, 1.54) is 5.56 Å². The Morgan fingerprint density at radius 3 is 3.00 bits per heavy atom. The highest BCUT2D eigenvalue weighted by molar-refractivity contribution is 6.29. The van der Waals surface area contributed by atoms with Gasteiger partial charge in [0.05, 0.1) is 0 Å². The normalized spacial score (nSPS) is 10.3. The first-order chi connectivity index (χ1) is 7.24. The second kappa shape index (κ2) is 4.36. The second-order valence-electron chi connectivity index (χ2n) is 3.41. The van der Waals surface area contributed by atoms with Crippen LogP contribution in [0.25, 0.3) is 0 Å². The highest BCUT2D eigenvalue weighted by atomic mass is 35.5. The van der Waals surface area contributed by atoms with Gasteiger partial charge in [-0.15, -0.1) is 0 Å². The van der Waals surface area contributed by atoms with Crippen molar-refractivity contribution in [3.05, 3.63) is 47.5 Å². The minimum atomic E-state index is 0.507. The Morgan fingerprint density at radius 1 is 1.47 bits per heavy atom. The number of pyridine rings is 1. The molecule has 2 heterocycles. The van der Waals surface area contributed by atoms with Crippen LogP contribution in [0.4, 0.5) is 5.69 Å². The lowest BCUT2D eigenvalue weighted by Gasteiger charge is -2.04. The molecule has 0 radical (unpaired) electrons. The molecule has 4 heteroatoms. The fraction of sp³-hybridized carbons (Fsp3) is 0.182. The van der Waals surface area contributed by atoms with Crippen molar-refractivity contribution in [2.24, 2.45) is 7.05 Å². The molecule has 0 aliphatic heterocycles. The van der Waals surface area contributed by atoms with Crippen molar-refractivity contribution in [2.45, 2.75) is 6.54 Å². The SMILES string of the molecule is Cn1ccc(CNc2ccnc(Cl)c2)c1. The number of nitrogens with zero attached hydrogens (tertiary/aromatic N) is 2. The first-order valence-electron chi connectivity index (χ1n) is 4.70. The minimum absolute atomic E-state index is 0.507. The number of hydrogen-bond donors (Lipinski definition) is 1. The number of hydrogen-bond acceptors (Lipinski definition) is 2. The van der Waals surface area contributed by atoms with Gasteiger partial charge in [-0.05, 0) is 23.8 Å². The number of nitrogens with one attached hydrogen (secondary N) is 1. The maximum Gasteiger partial charge on any atom is 0.131 e. The molecule has 78 valence electrons. The van der Waals surface area contributed by atoms with Gasteiger partial charge in [0, 0.05) is 37.9 Å². The molecule has 0 spiro atoms. The summed E-state index contributed by atoms with van der Waals surface area (Å²) in [5, 5.41) is 3.78. The van der Waals surface area contributed by atoms with E-state index in [4.69, 9.17) is 11.6 Å². The van der Waals surface area contributed by atoms with Crippen LogP contribution in [0.15, 0.2) is 36.8 Å². The van der Waals surface area contributed by atoms with E-state index in [0.29, 0.717) is 5.15 Å². The summed E-state index contributed by atoms with van der Waals surface area (Å²) < 4.78 is 2.02. The number of anilines is 1. The maximum absolute atomic E-state index is 5.78. The molecule has 2 aromatic heterocycles. The number of rotatable bonds is 3. The smallest absolute Gasteiger partial charge is 0.131 e. The van der Waals surface area contributed by atoms with Gasteiger partial charge < -0.3 is 9.88 Å². The topological polar surface area (TPSA) is 29.9 Å². The molecule has 3 nitrogen and oxygen atoms in total. The molecule has 0 saturated carbocycles. The molecule has 0 saturated heterocycles. The predicted octanol–water partition coefficient (Wildman–Crippen LogP) is 2.69. The maximum atomic E-state index is 5.78. The summed E-state index contributed by atoms with van der Waals surface area (Å²) in [7, 11) is 2.01. The van der Waals surface area contributed by atoms with Crippen molar-refractivity contribution < 1.29 is 0 Å². The summed E-state index contributed by atoms with van der Waals surface area (Å²) in [5.74, 6) is 0. The standard InChI is InChI=1S/C11H12ClN3/c1-15-5-3-9(8-15)7-14-10-2-4-13-11(12)6-10/h2-6,8H,7H2,1H3,(H,13,14). The quantitative estimate of drug-likeness (QED) is 0.808. The Hall–Kier alpha value is -1.48. The zero-order valence-corrected chi connectivity index (χ0v) is 9.20. The summed E-state index contributed by atoms with van der Waals surface area (Å²) in [6, 6.07) is 5.79. The molecule has 0 fully saturated rings. The van der Waals surface area contributed by atoms with E-state index in [9.17, 15) is 0 Å². The molecule has 0 atom stereocenters. The molecular formula is C11H12ClN3. The molecule has 2 aromatic rings. The van der Waals surface area contributed by atoms with Crippen molar-refractivity contribution in [2.75, 3.05) is 5.32 Å². The average Bonchev–Trinajstić information content (AvgIpc) is 2.62. The van der Waals surface area contributed by atoms with E-state index in [-0.39, 0.29) is 0 Å². The third-order valence-electron chi connectivity index (χ3n) is 2.12. The van der Waals surface area contributed by atoms with Crippen LogP contribution in [0.1, 0.15) is 5.56 Å². The lowest BCUT2D eigenvalue weighted by Crippen LogP contribution is -1.98. The number of halogens is 1. The van der Waals surface area contributed by atoms with Crippen molar-refractivity contribution in [1.29, 1.82) is 0 Å². The largest absolute Gasteiger partial charge is 0.381 e. The third kappa shape index (κ3) is 2.73. The molecule has 0 unspecified atom stereocenters. The van der Waals surface area contributed by atoms with Crippen molar-refractivity contribution >= 4 is 17.3 Å². The van der Waals surface area contributed by atoms with E-state index in [2.05, 4.69) is 22.6 Å². The Bertz CT molecular complexity index is 451. The van der Waals surface area contributed by atoms with Crippen LogP contribution in [-0.4, -0.2) is 9.55 Å². The van der Waals surface area contributed by atoms with E-state index in [1.54, 1.807) is 6.20 Å². The molecule has 0 amide bonds. The fourth-order valence-electron chi connectivity index (χ4n) is 1.38. The van der Waals surface area contributed by atoms with Crippen molar-refractivity contribution in [3.63, 3.8) is 0 Å². The van der Waals surface area contributed by atoms with Crippen LogP contribution in [0.5, 0.6) is 0 Å². The van der Waals surface area contributed by atoms with Gasteiger partial charge in [-0.2, -0.15) is 0 Å². The monoisotopic (exact) mass is 221 g/mol. The third-order valence-corrected chi connectivity index (χ3v) is 2.32. The minimum Gasteiger partial charge on any atom is -0.381 e. The van der Waals surface area contributed by atoms with Gasteiger partial charge in [0.25, 0.3) is 0 Å². The Kier molecular flexibility index (Phi) is 2.92. The van der Waals surface area contributed by atoms with Gasteiger partial charge in [0.2, 0.25) is 0 Å². The van der Waals surface area contributed by atoms with Crippen LogP contribution >= 0.6 is 11.6 Å². The van der Waals surface area contributed by atoms with Crippen LogP contribution in [0.3, 0.4) is 0 Å². The Morgan fingerprint density at radius 2 is 2.33 bits per heavy atom. The van der Waals surface area contributed by atoms with Crippen LogP contribution < -0.4 is 5.32 Å². The molecule has 2 rings (SSSR count). The summed E-state index contributed by atoms with van der Waals surface area (Å²) in [6.07, 6.45) is 5.79. The van der Waals surface area contributed by atoms with E-state index < -0.39 is 0 Å². The predicted molar refractivity (Wildman–Crippen MR) is 62.0 cm³/mol. The van der Waals surface area contributed by atoms with Gasteiger partial charge in [-0.25, -0.2) is 4.98 Å². The van der Waals surface area contributed by atoms with Crippen LogP contribution in [-0.2, 0) is 13.6 Å².